The van der Waals surface area contributed by atoms with Crippen molar-refractivity contribution >= 4 is 52.9 Å². The third kappa shape index (κ3) is 10.5. The molecule has 0 radical (unpaired) electrons. The number of hydrogen-bond donors (Lipinski definition) is 3. The van der Waals surface area contributed by atoms with Gasteiger partial charge in [-0.3, -0.25) is 14.4 Å². The third-order valence-electron chi connectivity index (χ3n) is 6.86. The van der Waals surface area contributed by atoms with Gasteiger partial charge in [-0.25, -0.2) is 4.79 Å². The van der Waals surface area contributed by atoms with E-state index in [0.717, 1.165) is 17.7 Å². The number of rotatable bonds is 15. The van der Waals surface area contributed by atoms with Gasteiger partial charge in [-0.15, -0.1) is 11.8 Å². The zero-order chi connectivity index (χ0) is 34.3. The zero-order valence-electron chi connectivity index (χ0n) is 26.9. The van der Waals surface area contributed by atoms with E-state index < -0.39 is 17.8 Å². The van der Waals surface area contributed by atoms with Gasteiger partial charge in [0.05, 0.1) is 32.1 Å². The summed E-state index contributed by atoms with van der Waals surface area (Å²) in [6.45, 7) is 2.40. The number of thioether (sulfide) groups is 1. The van der Waals surface area contributed by atoms with Crippen molar-refractivity contribution in [3.05, 3.63) is 119 Å². The quantitative estimate of drug-likeness (QED) is 0.0546. The fourth-order valence-electron chi connectivity index (χ4n) is 4.31. The standard InChI is InChI=1S/C37H37N3O7S/c1-4-5-21-47-37(44)27-12-14-28(15-13-27)38-34(41)24-48-30-18-16-29(17-19-30)39-36(43)31(40-35(42)26-9-7-6-8-10-26)22-25-11-20-32(45-2)33(23-25)46-3/h6-20,22-23H,4-5,21,24H2,1-3H3,(H,38,41)(H,39,43)(H,40,42)/b31-22-. The molecule has 4 rings (SSSR count). The molecule has 248 valence electrons. The lowest BCUT2D eigenvalue weighted by atomic mass is 10.1. The van der Waals surface area contributed by atoms with Crippen LogP contribution in [0.25, 0.3) is 6.08 Å². The Kier molecular flexibility index (Phi) is 13.2. The molecule has 4 aromatic rings. The topological polar surface area (TPSA) is 132 Å². The van der Waals surface area contributed by atoms with Gasteiger partial charge in [0.15, 0.2) is 11.5 Å². The summed E-state index contributed by atoms with van der Waals surface area (Å²) < 4.78 is 15.9. The van der Waals surface area contributed by atoms with Crippen LogP contribution in [0, 0.1) is 0 Å². The van der Waals surface area contributed by atoms with E-state index in [4.69, 9.17) is 14.2 Å². The Labute approximate surface area is 283 Å². The lowest BCUT2D eigenvalue weighted by Gasteiger charge is -2.13. The molecule has 10 nitrogen and oxygen atoms in total. The highest BCUT2D eigenvalue weighted by Crippen LogP contribution is 2.28. The number of benzene rings is 4. The average Bonchev–Trinajstić information content (AvgIpc) is 3.11. The maximum atomic E-state index is 13.4. The van der Waals surface area contributed by atoms with Crippen molar-refractivity contribution in [3.63, 3.8) is 0 Å². The fourth-order valence-corrected chi connectivity index (χ4v) is 5.01. The van der Waals surface area contributed by atoms with E-state index in [-0.39, 0.29) is 17.4 Å². The van der Waals surface area contributed by atoms with Crippen LogP contribution in [0.5, 0.6) is 11.5 Å². The summed E-state index contributed by atoms with van der Waals surface area (Å²) in [4.78, 5) is 51.8. The molecule has 0 saturated carbocycles. The second kappa shape index (κ2) is 18.0. The molecular weight excluding hydrogens is 630 g/mol. The molecule has 0 fully saturated rings. The van der Waals surface area contributed by atoms with Crippen LogP contribution in [0.4, 0.5) is 11.4 Å². The Balaban J connectivity index is 1.37. The number of anilines is 2. The van der Waals surface area contributed by atoms with E-state index in [2.05, 4.69) is 16.0 Å². The maximum Gasteiger partial charge on any atom is 0.338 e. The molecule has 0 aliphatic carbocycles. The second-order valence-corrected chi connectivity index (χ2v) is 11.4. The monoisotopic (exact) mass is 667 g/mol. The van der Waals surface area contributed by atoms with E-state index in [0.29, 0.717) is 46.2 Å². The molecule has 0 heterocycles. The Hall–Kier alpha value is -5.55. The molecule has 0 aromatic heterocycles. The molecule has 48 heavy (non-hydrogen) atoms. The summed E-state index contributed by atoms with van der Waals surface area (Å²) in [7, 11) is 3.04. The Bertz CT molecular complexity index is 1740. The largest absolute Gasteiger partial charge is 0.493 e. The van der Waals surface area contributed by atoms with Gasteiger partial charge in [0.25, 0.3) is 11.8 Å². The summed E-state index contributed by atoms with van der Waals surface area (Å²) in [5.41, 5.74) is 2.51. The van der Waals surface area contributed by atoms with Gasteiger partial charge in [-0.05, 0) is 90.9 Å². The van der Waals surface area contributed by atoms with Gasteiger partial charge >= 0.3 is 5.97 Å². The van der Waals surface area contributed by atoms with Crippen LogP contribution >= 0.6 is 11.8 Å². The summed E-state index contributed by atoms with van der Waals surface area (Å²) in [6.07, 6.45) is 3.30. The van der Waals surface area contributed by atoms with Crippen LogP contribution in [-0.2, 0) is 14.3 Å². The van der Waals surface area contributed by atoms with Crippen LogP contribution in [0.3, 0.4) is 0 Å². The predicted octanol–water partition coefficient (Wildman–Crippen LogP) is 6.80. The molecule has 0 atom stereocenters. The van der Waals surface area contributed by atoms with Gasteiger partial charge < -0.3 is 30.2 Å². The van der Waals surface area contributed by atoms with Crippen LogP contribution in [-0.4, -0.2) is 50.3 Å². The minimum Gasteiger partial charge on any atom is -0.493 e. The summed E-state index contributed by atoms with van der Waals surface area (Å²) in [6, 6.07) is 27.3. The van der Waals surface area contributed by atoms with Gasteiger partial charge in [-0.2, -0.15) is 0 Å². The molecule has 11 heteroatoms. The SMILES string of the molecule is CCCCOC(=O)c1ccc(NC(=O)CSc2ccc(NC(=O)/C(=C/c3ccc(OC)c(OC)c3)NC(=O)c3ccccc3)cc2)cc1. The van der Waals surface area contributed by atoms with Crippen molar-refractivity contribution in [1.29, 1.82) is 0 Å². The highest BCUT2D eigenvalue weighted by atomic mass is 32.2. The first-order valence-corrected chi connectivity index (χ1v) is 16.2. The minimum absolute atomic E-state index is 0.0209. The number of amides is 3. The van der Waals surface area contributed by atoms with Crippen molar-refractivity contribution < 1.29 is 33.4 Å². The normalized spacial score (nSPS) is 10.9. The number of carbonyl (C=O) groups excluding carboxylic acids is 4. The molecule has 4 aromatic carbocycles. The third-order valence-corrected chi connectivity index (χ3v) is 7.88. The lowest BCUT2D eigenvalue weighted by Crippen LogP contribution is -2.30. The van der Waals surface area contributed by atoms with Gasteiger partial charge in [0.1, 0.15) is 5.70 Å². The molecule has 0 aliphatic rings. The number of methoxy groups -OCH3 is 2. The Morgan fingerprint density at radius 3 is 2.08 bits per heavy atom. The molecule has 3 N–H and O–H groups in total. The van der Waals surface area contributed by atoms with Crippen molar-refractivity contribution in [1.82, 2.24) is 5.32 Å². The molecule has 0 aliphatic heterocycles. The second-order valence-electron chi connectivity index (χ2n) is 10.4. The van der Waals surface area contributed by atoms with Crippen molar-refractivity contribution in [2.45, 2.75) is 24.7 Å². The molecule has 0 spiro atoms. The van der Waals surface area contributed by atoms with Crippen molar-refractivity contribution in [3.8, 4) is 11.5 Å². The maximum absolute atomic E-state index is 13.4. The highest BCUT2D eigenvalue weighted by molar-refractivity contribution is 8.00. The van der Waals surface area contributed by atoms with E-state index >= 15 is 0 Å². The number of ether oxygens (including phenoxy) is 3. The number of esters is 1. The van der Waals surface area contributed by atoms with E-state index in [1.807, 2.05) is 6.92 Å². The first kappa shape index (κ1) is 35.3. The van der Waals surface area contributed by atoms with Gasteiger partial charge in [0, 0.05) is 21.8 Å². The predicted molar refractivity (Wildman–Crippen MR) is 187 cm³/mol. The number of carbonyl (C=O) groups is 4. The molecule has 0 bridgehead atoms. The highest BCUT2D eigenvalue weighted by Gasteiger charge is 2.16. The van der Waals surface area contributed by atoms with E-state index in [1.54, 1.807) is 103 Å². The van der Waals surface area contributed by atoms with E-state index in [9.17, 15) is 19.2 Å². The first-order valence-electron chi connectivity index (χ1n) is 15.2. The lowest BCUT2D eigenvalue weighted by molar-refractivity contribution is -0.114. The fraction of sp³-hybridized carbons (Fsp3) is 0.189. The zero-order valence-corrected chi connectivity index (χ0v) is 27.7. The van der Waals surface area contributed by atoms with Gasteiger partial charge in [-0.1, -0.05) is 37.6 Å². The van der Waals surface area contributed by atoms with E-state index in [1.165, 1.54) is 26.0 Å². The summed E-state index contributed by atoms with van der Waals surface area (Å²) >= 11 is 1.33. The molecule has 0 saturated heterocycles. The van der Waals surface area contributed by atoms with Crippen molar-refractivity contribution in [2.75, 3.05) is 37.2 Å². The molecule has 0 unspecified atom stereocenters. The van der Waals surface area contributed by atoms with Gasteiger partial charge in [0.2, 0.25) is 5.91 Å². The number of hydrogen-bond acceptors (Lipinski definition) is 8. The number of unbranched alkanes of at least 4 members (excludes halogenated alkanes) is 1. The molecule has 3 amide bonds. The number of nitrogens with one attached hydrogen (secondary N) is 3. The molecular formula is C37H37N3O7S. The summed E-state index contributed by atoms with van der Waals surface area (Å²) in [5.74, 6) is -0.429. The Morgan fingerprint density at radius 2 is 1.42 bits per heavy atom. The first-order chi connectivity index (χ1) is 23.3. The smallest absolute Gasteiger partial charge is 0.338 e. The summed E-state index contributed by atoms with van der Waals surface area (Å²) in [5, 5.41) is 8.36. The van der Waals surface area contributed by atoms with Crippen LogP contribution < -0.4 is 25.4 Å². The van der Waals surface area contributed by atoms with Crippen molar-refractivity contribution in [2.24, 2.45) is 0 Å². The average molecular weight is 668 g/mol. The van der Waals surface area contributed by atoms with Crippen LogP contribution in [0.15, 0.2) is 108 Å². The van der Waals surface area contributed by atoms with Crippen LogP contribution in [0.2, 0.25) is 0 Å². The minimum atomic E-state index is -0.533. The van der Waals surface area contributed by atoms with Crippen LogP contribution in [0.1, 0.15) is 46.0 Å². The Morgan fingerprint density at radius 1 is 0.750 bits per heavy atom.